The molecule has 1 N–H and O–H groups in total. The Bertz CT molecular complexity index is 999. The van der Waals surface area contributed by atoms with Crippen LogP contribution < -0.4 is 10.1 Å². The summed E-state index contributed by atoms with van der Waals surface area (Å²) in [5, 5.41) is 3.47. The second kappa shape index (κ2) is 8.45. The van der Waals surface area contributed by atoms with Gasteiger partial charge in [-0.05, 0) is 56.7 Å². The van der Waals surface area contributed by atoms with E-state index in [1.54, 1.807) is 30.3 Å². The molecular weight excluding hydrogens is 343 g/mol. The Kier molecular flexibility index (Phi) is 5.81. The molecule has 0 saturated heterocycles. The highest BCUT2D eigenvalue weighted by Gasteiger charge is 2.13. The van der Waals surface area contributed by atoms with E-state index in [1.165, 1.54) is 6.07 Å². The van der Waals surface area contributed by atoms with E-state index in [1.807, 2.05) is 38.1 Å². The van der Waals surface area contributed by atoms with Crippen LogP contribution >= 0.6 is 0 Å². The Morgan fingerprint density at radius 1 is 1.22 bits per heavy atom. The van der Waals surface area contributed by atoms with Gasteiger partial charge in [-0.1, -0.05) is 24.3 Å². The third kappa shape index (κ3) is 4.50. The maximum atomic E-state index is 14.6. The molecule has 4 nitrogen and oxygen atoms in total. The van der Waals surface area contributed by atoms with E-state index in [4.69, 9.17) is 4.74 Å². The second-order valence-electron chi connectivity index (χ2n) is 6.14. The zero-order valence-electron chi connectivity index (χ0n) is 15.3. The number of pyridine rings is 1. The molecule has 3 aromatic rings. The molecule has 1 aromatic heterocycles. The highest BCUT2D eigenvalue weighted by molar-refractivity contribution is 6.06. The average molecular weight is 364 g/mol. The molecule has 1 heterocycles. The molecule has 3 rings (SSSR count). The summed E-state index contributed by atoms with van der Waals surface area (Å²) in [4.78, 5) is 17.0. The number of allylic oxidation sites excluding steroid dienone is 1. The van der Waals surface area contributed by atoms with Crippen molar-refractivity contribution in [3.63, 3.8) is 0 Å². The molecule has 0 aliphatic rings. The van der Waals surface area contributed by atoms with Crippen molar-refractivity contribution < 1.29 is 13.9 Å². The normalized spacial score (nSPS) is 11.1. The van der Waals surface area contributed by atoms with E-state index in [2.05, 4.69) is 10.3 Å². The first-order valence-corrected chi connectivity index (χ1v) is 8.79. The number of anilines is 1. The van der Waals surface area contributed by atoms with Gasteiger partial charge in [0.05, 0.1) is 17.8 Å². The molecule has 0 spiro atoms. The standard InChI is InChI=1S/C22H21FN2O2/c1-3-4-5-13-27-20-8-6-7-19(21(20)23)25-22(26)17-11-12-18-16(14-17)10-9-15(2)24-18/h3-4,6-12,14H,5,13H2,1-2H3,(H,25,26). The molecule has 2 aromatic carbocycles. The Morgan fingerprint density at radius 3 is 2.89 bits per heavy atom. The van der Waals surface area contributed by atoms with Crippen LogP contribution in [0, 0.1) is 12.7 Å². The number of carbonyl (C=O) groups excluding carboxylic acids is 1. The summed E-state index contributed by atoms with van der Waals surface area (Å²) in [6, 6.07) is 13.7. The maximum Gasteiger partial charge on any atom is 0.255 e. The van der Waals surface area contributed by atoms with Gasteiger partial charge in [-0.3, -0.25) is 9.78 Å². The highest BCUT2D eigenvalue weighted by atomic mass is 19.1. The van der Waals surface area contributed by atoms with Gasteiger partial charge >= 0.3 is 0 Å². The van der Waals surface area contributed by atoms with Crippen molar-refractivity contribution in [2.24, 2.45) is 0 Å². The quantitative estimate of drug-likeness (QED) is 0.478. The number of nitrogens with one attached hydrogen (secondary N) is 1. The van der Waals surface area contributed by atoms with Gasteiger partial charge in [-0.2, -0.15) is 0 Å². The summed E-state index contributed by atoms with van der Waals surface area (Å²) in [5.41, 5.74) is 2.25. The van der Waals surface area contributed by atoms with Crippen LogP contribution in [0.3, 0.4) is 0 Å². The summed E-state index contributed by atoms with van der Waals surface area (Å²) < 4.78 is 20.0. The summed E-state index contributed by atoms with van der Waals surface area (Å²) in [7, 11) is 0. The lowest BCUT2D eigenvalue weighted by Gasteiger charge is -2.11. The first kappa shape index (κ1) is 18.6. The maximum absolute atomic E-state index is 14.6. The summed E-state index contributed by atoms with van der Waals surface area (Å²) >= 11 is 0. The number of hydrogen-bond acceptors (Lipinski definition) is 3. The van der Waals surface area contributed by atoms with Gasteiger partial charge in [0.1, 0.15) is 0 Å². The number of ether oxygens (including phenoxy) is 1. The lowest BCUT2D eigenvalue weighted by atomic mass is 10.1. The summed E-state index contributed by atoms with van der Waals surface area (Å²) in [6.07, 6.45) is 4.55. The van der Waals surface area contributed by atoms with Crippen LogP contribution in [0.5, 0.6) is 5.75 Å². The van der Waals surface area contributed by atoms with Crippen LogP contribution in [0.15, 0.2) is 60.7 Å². The minimum Gasteiger partial charge on any atom is -0.490 e. The predicted molar refractivity (Wildman–Crippen MR) is 106 cm³/mol. The van der Waals surface area contributed by atoms with Crippen LogP contribution in [0.1, 0.15) is 29.4 Å². The van der Waals surface area contributed by atoms with Gasteiger partial charge in [-0.25, -0.2) is 4.39 Å². The van der Waals surface area contributed by atoms with Gasteiger partial charge in [0.2, 0.25) is 0 Å². The zero-order valence-corrected chi connectivity index (χ0v) is 15.3. The number of amides is 1. The van der Waals surface area contributed by atoms with Gasteiger partial charge < -0.3 is 10.1 Å². The molecule has 0 unspecified atom stereocenters. The van der Waals surface area contributed by atoms with Crippen LogP contribution in [-0.4, -0.2) is 17.5 Å². The van der Waals surface area contributed by atoms with E-state index < -0.39 is 5.82 Å². The summed E-state index contributed by atoms with van der Waals surface area (Å²) in [5.74, 6) is -0.845. The van der Waals surface area contributed by atoms with Gasteiger partial charge in [0, 0.05) is 16.6 Å². The molecule has 27 heavy (non-hydrogen) atoms. The first-order chi connectivity index (χ1) is 13.1. The number of fused-ring (bicyclic) bond motifs is 1. The Hall–Kier alpha value is -3.21. The molecule has 0 bridgehead atoms. The minimum atomic E-state index is -0.579. The fourth-order valence-electron chi connectivity index (χ4n) is 2.69. The largest absolute Gasteiger partial charge is 0.490 e. The first-order valence-electron chi connectivity index (χ1n) is 8.79. The molecule has 1 amide bonds. The Labute approximate surface area is 157 Å². The number of aromatic nitrogens is 1. The lowest BCUT2D eigenvalue weighted by molar-refractivity contribution is 0.102. The molecule has 0 radical (unpaired) electrons. The van der Waals surface area contributed by atoms with E-state index >= 15 is 0 Å². The van der Waals surface area contributed by atoms with E-state index in [9.17, 15) is 9.18 Å². The van der Waals surface area contributed by atoms with E-state index in [0.29, 0.717) is 18.6 Å². The van der Waals surface area contributed by atoms with Crippen molar-refractivity contribution in [2.75, 3.05) is 11.9 Å². The van der Waals surface area contributed by atoms with Gasteiger partial charge in [0.25, 0.3) is 5.91 Å². The molecule has 138 valence electrons. The fourth-order valence-corrected chi connectivity index (χ4v) is 2.69. The van der Waals surface area contributed by atoms with Gasteiger partial charge in [0.15, 0.2) is 11.6 Å². The van der Waals surface area contributed by atoms with E-state index in [-0.39, 0.29) is 17.3 Å². The Balaban J connectivity index is 1.76. The van der Waals surface area contributed by atoms with Crippen LogP contribution in [0.4, 0.5) is 10.1 Å². The summed E-state index contributed by atoms with van der Waals surface area (Å²) in [6.45, 7) is 4.20. The third-order valence-electron chi connectivity index (χ3n) is 4.08. The molecule has 0 aliphatic heterocycles. The highest BCUT2D eigenvalue weighted by Crippen LogP contribution is 2.25. The number of aryl methyl sites for hydroxylation is 1. The van der Waals surface area contributed by atoms with Crippen molar-refractivity contribution in [1.29, 1.82) is 0 Å². The number of benzene rings is 2. The van der Waals surface area contributed by atoms with Crippen LogP contribution in [0.2, 0.25) is 0 Å². The number of nitrogens with zero attached hydrogens (tertiary/aromatic N) is 1. The molecule has 5 heteroatoms. The monoisotopic (exact) mass is 364 g/mol. The van der Waals surface area contributed by atoms with Crippen molar-refractivity contribution in [1.82, 2.24) is 4.98 Å². The molecule has 0 saturated carbocycles. The second-order valence-corrected chi connectivity index (χ2v) is 6.14. The van der Waals surface area contributed by atoms with Crippen molar-refractivity contribution in [3.8, 4) is 5.75 Å². The van der Waals surface area contributed by atoms with Gasteiger partial charge in [-0.15, -0.1) is 0 Å². The van der Waals surface area contributed by atoms with Crippen LogP contribution in [0.25, 0.3) is 10.9 Å². The number of hydrogen-bond donors (Lipinski definition) is 1. The molecule has 0 atom stereocenters. The smallest absolute Gasteiger partial charge is 0.255 e. The molecule has 0 fully saturated rings. The van der Waals surface area contributed by atoms with Crippen molar-refractivity contribution >= 4 is 22.5 Å². The van der Waals surface area contributed by atoms with Crippen molar-refractivity contribution in [2.45, 2.75) is 20.3 Å². The lowest BCUT2D eigenvalue weighted by Crippen LogP contribution is -2.13. The number of halogens is 1. The number of carbonyl (C=O) groups is 1. The SMILES string of the molecule is CC=CCCOc1cccc(NC(=O)c2ccc3nc(C)ccc3c2)c1F. The predicted octanol–water partition coefficient (Wildman–Crippen LogP) is 5.28. The number of rotatable bonds is 6. The fraction of sp³-hybridized carbons (Fsp3) is 0.182. The minimum absolute atomic E-state index is 0.0886. The van der Waals surface area contributed by atoms with Crippen LogP contribution in [-0.2, 0) is 0 Å². The topological polar surface area (TPSA) is 51.2 Å². The zero-order chi connectivity index (χ0) is 19.2. The molecule has 0 aliphatic carbocycles. The van der Waals surface area contributed by atoms with E-state index in [0.717, 1.165) is 16.6 Å². The average Bonchev–Trinajstić information content (AvgIpc) is 2.67. The van der Waals surface area contributed by atoms with Crippen molar-refractivity contribution in [3.05, 3.63) is 77.8 Å². The molecular formula is C22H21FN2O2. The third-order valence-corrected chi connectivity index (χ3v) is 4.08. The Morgan fingerprint density at radius 2 is 2.07 bits per heavy atom.